The van der Waals surface area contributed by atoms with Gasteiger partial charge in [0.05, 0.1) is 5.75 Å². The summed E-state index contributed by atoms with van der Waals surface area (Å²) in [6, 6.07) is 3.23. The summed E-state index contributed by atoms with van der Waals surface area (Å²) >= 11 is 0.816. The third-order valence-electron chi connectivity index (χ3n) is 2.58. The molecule has 0 aliphatic carbocycles. The first kappa shape index (κ1) is 15.9. The smallest absolute Gasteiger partial charge is 0.294 e. The van der Waals surface area contributed by atoms with E-state index in [2.05, 4.69) is 15.5 Å². The van der Waals surface area contributed by atoms with Crippen LogP contribution >= 0.6 is 11.8 Å². The van der Waals surface area contributed by atoms with Gasteiger partial charge >= 0.3 is 0 Å². The van der Waals surface area contributed by atoms with Crippen LogP contribution in [0.1, 0.15) is 5.69 Å². The number of benzene rings is 1. The molecule has 0 fully saturated rings. The van der Waals surface area contributed by atoms with Gasteiger partial charge in [-0.3, -0.25) is 9.59 Å². The van der Waals surface area contributed by atoms with Crippen LogP contribution in [0.5, 0.6) is 0 Å². The quantitative estimate of drug-likeness (QED) is 0.632. The van der Waals surface area contributed by atoms with Crippen LogP contribution in [-0.4, -0.2) is 26.5 Å². The lowest BCUT2D eigenvalue weighted by Crippen LogP contribution is -2.32. The van der Waals surface area contributed by atoms with Crippen LogP contribution in [-0.2, 0) is 4.79 Å². The lowest BCUT2D eigenvalue weighted by Gasteiger charge is -2.08. The molecule has 1 aromatic carbocycles. The lowest BCUT2D eigenvalue weighted by molar-refractivity contribution is -0.113. The van der Waals surface area contributed by atoms with Crippen LogP contribution in [0.3, 0.4) is 0 Å². The van der Waals surface area contributed by atoms with E-state index in [4.69, 9.17) is 5.84 Å². The summed E-state index contributed by atoms with van der Waals surface area (Å²) < 4.78 is 27.5. The minimum absolute atomic E-state index is 0.0137. The number of nitrogen functional groups attached to an aromatic ring is 1. The van der Waals surface area contributed by atoms with Gasteiger partial charge in [-0.25, -0.2) is 8.78 Å². The van der Waals surface area contributed by atoms with E-state index < -0.39 is 28.8 Å². The van der Waals surface area contributed by atoms with E-state index in [1.807, 2.05) is 0 Å². The predicted octanol–water partition coefficient (Wildman–Crippen LogP) is 0.670. The van der Waals surface area contributed by atoms with Crippen molar-refractivity contribution >= 4 is 23.4 Å². The molecule has 10 heteroatoms. The maximum Gasteiger partial charge on any atom is 0.294 e. The maximum absolute atomic E-state index is 13.4. The van der Waals surface area contributed by atoms with E-state index in [9.17, 15) is 18.4 Å². The largest absolute Gasteiger partial charge is 0.334 e. The van der Waals surface area contributed by atoms with Gasteiger partial charge < -0.3 is 11.2 Å². The molecule has 3 N–H and O–H groups in total. The van der Waals surface area contributed by atoms with Crippen LogP contribution in [0.25, 0.3) is 0 Å². The van der Waals surface area contributed by atoms with Gasteiger partial charge in [0.1, 0.15) is 23.0 Å². The molecule has 0 spiro atoms. The van der Waals surface area contributed by atoms with E-state index in [0.29, 0.717) is 0 Å². The molecule has 0 saturated heterocycles. The SMILES string of the molecule is Cc1nnc(SCC(=O)Nc2c(F)cccc2F)n(N)c1=O. The first-order valence-electron chi connectivity index (χ1n) is 5.98. The second-order valence-electron chi connectivity index (χ2n) is 4.18. The van der Waals surface area contributed by atoms with Crippen LogP contribution in [0.2, 0.25) is 0 Å². The zero-order valence-corrected chi connectivity index (χ0v) is 12.2. The van der Waals surface area contributed by atoms with Crippen LogP contribution in [0, 0.1) is 18.6 Å². The Morgan fingerprint density at radius 3 is 2.64 bits per heavy atom. The molecule has 0 atom stereocenters. The molecule has 2 aromatic rings. The second kappa shape index (κ2) is 6.52. The third kappa shape index (κ3) is 3.39. The minimum Gasteiger partial charge on any atom is -0.334 e. The average molecular weight is 327 g/mol. The molecular weight excluding hydrogens is 316 g/mol. The third-order valence-corrected chi connectivity index (χ3v) is 3.52. The minimum atomic E-state index is -0.885. The van der Waals surface area contributed by atoms with Crippen molar-refractivity contribution in [2.75, 3.05) is 16.9 Å². The normalized spacial score (nSPS) is 10.5. The Morgan fingerprint density at radius 1 is 1.36 bits per heavy atom. The molecule has 0 aliphatic heterocycles. The predicted molar refractivity (Wildman–Crippen MR) is 76.9 cm³/mol. The summed E-state index contributed by atoms with van der Waals surface area (Å²) in [5, 5.41) is 9.39. The highest BCUT2D eigenvalue weighted by molar-refractivity contribution is 7.99. The van der Waals surface area contributed by atoms with E-state index in [1.54, 1.807) is 0 Å². The molecule has 116 valence electrons. The maximum atomic E-state index is 13.4. The molecule has 7 nitrogen and oxygen atoms in total. The number of hydrogen-bond acceptors (Lipinski definition) is 6. The number of aromatic nitrogens is 3. The number of thioether (sulfide) groups is 1. The van der Waals surface area contributed by atoms with E-state index in [0.717, 1.165) is 28.6 Å². The number of nitrogens with zero attached hydrogens (tertiary/aromatic N) is 3. The van der Waals surface area contributed by atoms with E-state index >= 15 is 0 Å². The Hall–Kier alpha value is -2.49. The average Bonchev–Trinajstić information content (AvgIpc) is 2.48. The highest BCUT2D eigenvalue weighted by atomic mass is 32.2. The van der Waals surface area contributed by atoms with Gasteiger partial charge in [0.25, 0.3) is 5.56 Å². The Morgan fingerprint density at radius 2 is 2.00 bits per heavy atom. The number of para-hydroxylation sites is 1. The monoisotopic (exact) mass is 327 g/mol. The number of hydrogen-bond donors (Lipinski definition) is 2. The van der Waals surface area contributed by atoms with E-state index in [-0.39, 0.29) is 16.6 Å². The molecule has 1 heterocycles. The molecule has 0 aliphatic rings. The number of carbonyl (C=O) groups excluding carboxylic acids is 1. The molecule has 1 amide bonds. The number of rotatable bonds is 4. The van der Waals surface area contributed by atoms with Crippen molar-refractivity contribution in [2.24, 2.45) is 0 Å². The van der Waals surface area contributed by atoms with Crippen molar-refractivity contribution in [3.63, 3.8) is 0 Å². The summed E-state index contributed by atoms with van der Waals surface area (Å²) in [6.45, 7) is 1.45. The van der Waals surface area contributed by atoms with Crippen LogP contribution in [0.15, 0.2) is 28.2 Å². The first-order chi connectivity index (χ1) is 10.4. The van der Waals surface area contributed by atoms with Gasteiger partial charge in [-0.05, 0) is 19.1 Å². The van der Waals surface area contributed by atoms with Crippen molar-refractivity contribution in [3.8, 4) is 0 Å². The lowest BCUT2D eigenvalue weighted by atomic mass is 10.3. The zero-order chi connectivity index (χ0) is 16.3. The zero-order valence-electron chi connectivity index (χ0n) is 11.3. The topological polar surface area (TPSA) is 103 Å². The van der Waals surface area contributed by atoms with Crippen molar-refractivity contribution in [2.45, 2.75) is 12.1 Å². The van der Waals surface area contributed by atoms with Crippen LogP contribution in [0.4, 0.5) is 14.5 Å². The molecular formula is C12H11F2N5O2S. The van der Waals surface area contributed by atoms with Crippen molar-refractivity contribution < 1.29 is 13.6 Å². The van der Waals surface area contributed by atoms with Crippen molar-refractivity contribution in [1.82, 2.24) is 14.9 Å². The summed E-state index contributed by atoms with van der Waals surface area (Å²) in [6.07, 6.45) is 0. The number of amides is 1. The molecule has 2 rings (SSSR count). The number of anilines is 1. The fourth-order valence-electron chi connectivity index (χ4n) is 1.49. The Labute approximate surface area is 127 Å². The van der Waals surface area contributed by atoms with Gasteiger partial charge in [0.15, 0.2) is 0 Å². The number of nitrogens with one attached hydrogen (secondary N) is 1. The number of nitrogens with two attached hydrogens (primary N) is 1. The van der Waals surface area contributed by atoms with Crippen molar-refractivity contribution in [1.29, 1.82) is 0 Å². The molecule has 0 unspecified atom stereocenters. The number of carbonyl (C=O) groups is 1. The fraction of sp³-hybridized carbons (Fsp3) is 0.167. The number of halogens is 2. The summed E-state index contributed by atoms with van der Waals surface area (Å²) in [7, 11) is 0. The van der Waals surface area contributed by atoms with Gasteiger partial charge in [-0.2, -0.15) is 4.68 Å². The van der Waals surface area contributed by atoms with Gasteiger partial charge in [0.2, 0.25) is 11.1 Å². The Bertz CT molecular complexity index is 760. The molecule has 1 aromatic heterocycles. The molecule has 0 bridgehead atoms. The van der Waals surface area contributed by atoms with Crippen molar-refractivity contribution in [3.05, 3.63) is 45.9 Å². The van der Waals surface area contributed by atoms with Crippen LogP contribution < -0.4 is 16.7 Å². The summed E-state index contributed by atoms with van der Waals surface area (Å²) in [5.41, 5.74) is -0.962. The molecule has 0 saturated carbocycles. The highest BCUT2D eigenvalue weighted by Crippen LogP contribution is 2.19. The Kier molecular flexibility index (Phi) is 4.71. The second-order valence-corrected chi connectivity index (χ2v) is 5.12. The number of aryl methyl sites for hydroxylation is 1. The fourth-order valence-corrected chi connectivity index (χ4v) is 2.14. The summed E-state index contributed by atoms with van der Waals surface area (Å²) in [4.78, 5) is 23.2. The molecule has 0 radical (unpaired) electrons. The van der Waals surface area contributed by atoms with E-state index in [1.165, 1.54) is 13.0 Å². The van der Waals surface area contributed by atoms with Gasteiger partial charge in [0, 0.05) is 0 Å². The first-order valence-corrected chi connectivity index (χ1v) is 6.96. The standard InChI is InChI=1S/C12H11F2N5O2S/c1-6-11(21)19(15)12(18-17-6)22-5-9(20)16-10-7(13)3-2-4-8(10)14/h2-4H,5,15H2,1H3,(H,16,20). The van der Waals surface area contributed by atoms with Gasteiger partial charge in [-0.1, -0.05) is 17.8 Å². The molecule has 22 heavy (non-hydrogen) atoms. The highest BCUT2D eigenvalue weighted by Gasteiger charge is 2.14. The summed E-state index contributed by atoms with van der Waals surface area (Å²) in [5.74, 6) is 2.80. The Balaban J connectivity index is 2.05. The van der Waals surface area contributed by atoms with Gasteiger partial charge in [-0.15, -0.1) is 10.2 Å².